The summed E-state index contributed by atoms with van der Waals surface area (Å²) in [5.74, 6) is -2.91. The number of aromatic carboxylic acids is 1. The second-order valence-corrected chi connectivity index (χ2v) is 11.0. The minimum absolute atomic E-state index is 0.0646. The summed E-state index contributed by atoms with van der Waals surface area (Å²) in [5.41, 5.74) is 0.739. The summed E-state index contributed by atoms with van der Waals surface area (Å²) >= 11 is 0.911. The molecule has 1 heterocycles. The van der Waals surface area contributed by atoms with Crippen molar-refractivity contribution in [3.05, 3.63) is 58.5 Å². The molecule has 0 saturated heterocycles. The zero-order valence-electron chi connectivity index (χ0n) is 20.2. The first-order valence-electron chi connectivity index (χ1n) is 11.2. The summed E-state index contributed by atoms with van der Waals surface area (Å²) in [6.45, 7) is 2.16. The van der Waals surface area contributed by atoms with Crippen molar-refractivity contribution >= 4 is 38.6 Å². The molecule has 1 unspecified atom stereocenters. The van der Waals surface area contributed by atoms with Crippen LogP contribution in [0.2, 0.25) is 0 Å². The number of methoxy groups -OCH3 is 2. The Bertz CT molecular complexity index is 1500. The van der Waals surface area contributed by atoms with E-state index in [1.807, 2.05) is 0 Å². The van der Waals surface area contributed by atoms with Gasteiger partial charge < -0.3 is 14.6 Å². The smallest absolute Gasteiger partial charge is 0.338 e. The number of hydrogen-bond donors (Lipinski definition) is 2. The normalized spacial score (nSPS) is 15.7. The summed E-state index contributed by atoms with van der Waals surface area (Å²) < 4.78 is 68.1. The number of thiazole rings is 1. The number of nitrogens with zero attached hydrogens (tertiary/aromatic N) is 1. The number of anilines is 1. The second-order valence-electron chi connectivity index (χ2n) is 8.55. The number of allylic oxidation sites excluding steroid dienone is 2. The third-order valence-corrected chi connectivity index (χ3v) is 8.35. The molecule has 0 amide bonds. The third kappa shape index (κ3) is 5.30. The molecule has 1 aliphatic rings. The molecule has 8 nitrogen and oxygen atoms in total. The minimum Gasteiger partial charge on any atom is -0.495 e. The Morgan fingerprint density at radius 2 is 1.92 bits per heavy atom. The molecule has 0 fully saturated rings. The van der Waals surface area contributed by atoms with Gasteiger partial charge in [-0.1, -0.05) is 19.1 Å². The van der Waals surface area contributed by atoms with E-state index in [-0.39, 0.29) is 27.8 Å². The number of aromatic nitrogens is 1. The highest BCUT2D eigenvalue weighted by molar-refractivity contribution is 7.92. The molecule has 196 valence electrons. The van der Waals surface area contributed by atoms with E-state index in [0.717, 1.165) is 42.2 Å². The van der Waals surface area contributed by atoms with E-state index in [2.05, 4.69) is 22.7 Å². The Kier molecular flexibility index (Phi) is 7.51. The minimum atomic E-state index is -4.35. The Labute approximate surface area is 216 Å². The molecular formula is C25H24F2N2O6S2. The molecule has 0 spiro atoms. The lowest BCUT2D eigenvalue weighted by Crippen LogP contribution is -2.15. The lowest BCUT2D eigenvalue weighted by Gasteiger charge is -2.20. The van der Waals surface area contributed by atoms with Crippen LogP contribution >= 0.6 is 11.3 Å². The molecule has 0 bridgehead atoms. The molecule has 12 heteroatoms. The maximum absolute atomic E-state index is 15.5. The van der Waals surface area contributed by atoms with Crippen molar-refractivity contribution in [3.63, 3.8) is 0 Å². The largest absolute Gasteiger partial charge is 0.495 e. The Morgan fingerprint density at radius 1 is 1.19 bits per heavy atom. The summed E-state index contributed by atoms with van der Waals surface area (Å²) in [5, 5.41) is 9.97. The first kappa shape index (κ1) is 26.6. The highest BCUT2D eigenvalue weighted by Gasteiger charge is 2.26. The van der Waals surface area contributed by atoms with Gasteiger partial charge in [-0.25, -0.2) is 18.6 Å². The molecular weight excluding hydrogens is 526 g/mol. The molecule has 2 aromatic carbocycles. The molecule has 37 heavy (non-hydrogen) atoms. The standard InChI is InChI=1S/C25H24F2N2O6S2/c1-13-4-6-14(7-5-13)15-8-9-16(22(27)23(15)35-3)24-28-21(12-36-24)37(32,33)29-19-11-18(26)17(25(30)31)10-20(19)34-2/h6,8-13,29H,4-5,7H2,1-3H3,(H,30,31). The second kappa shape index (κ2) is 10.5. The zero-order chi connectivity index (χ0) is 26.9. The van der Waals surface area contributed by atoms with Crippen LogP contribution in [-0.2, 0) is 10.0 Å². The number of hydrogen-bond acceptors (Lipinski definition) is 7. The van der Waals surface area contributed by atoms with E-state index in [9.17, 15) is 17.6 Å². The summed E-state index contributed by atoms with van der Waals surface area (Å²) in [7, 11) is -1.79. The van der Waals surface area contributed by atoms with Gasteiger partial charge in [0, 0.05) is 17.0 Å². The van der Waals surface area contributed by atoms with Crippen LogP contribution in [0.15, 0.2) is 40.7 Å². The van der Waals surface area contributed by atoms with Gasteiger partial charge in [0.15, 0.2) is 16.6 Å². The fourth-order valence-electron chi connectivity index (χ4n) is 4.05. The average Bonchev–Trinajstić information content (AvgIpc) is 3.35. The average molecular weight is 551 g/mol. The third-order valence-electron chi connectivity index (χ3n) is 6.07. The van der Waals surface area contributed by atoms with E-state index in [1.54, 1.807) is 6.07 Å². The Morgan fingerprint density at radius 3 is 2.54 bits per heavy atom. The highest BCUT2D eigenvalue weighted by Crippen LogP contribution is 2.40. The van der Waals surface area contributed by atoms with Crippen LogP contribution in [-0.4, -0.2) is 38.7 Å². The molecule has 4 rings (SSSR count). The molecule has 0 radical (unpaired) electrons. The van der Waals surface area contributed by atoms with Crippen molar-refractivity contribution in [1.29, 1.82) is 0 Å². The van der Waals surface area contributed by atoms with Crippen LogP contribution in [0, 0.1) is 17.6 Å². The fourth-order valence-corrected chi connectivity index (χ4v) is 6.23. The summed E-state index contributed by atoms with van der Waals surface area (Å²) in [6.07, 6.45) is 4.78. The van der Waals surface area contributed by atoms with Gasteiger partial charge >= 0.3 is 5.97 Å². The van der Waals surface area contributed by atoms with Crippen LogP contribution in [0.3, 0.4) is 0 Å². The van der Waals surface area contributed by atoms with Gasteiger partial charge in [-0.15, -0.1) is 11.3 Å². The number of carbonyl (C=O) groups is 1. The van der Waals surface area contributed by atoms with Gasteiger partial charge in [-0.2, -0.15) is 8.42 Å². The predicted octanol–water partition coefficient (Wildman–Crippen LogP) is 5.81. The first-order chi connectivity index (χ1) is 17.6. The van der Waals surface area contributed by atoms with E-state index in [0.29, 0.717) is 17.5 Å². The molecule has 2 N–H and O–H groups in total. The number of ether oxygens (including phenoxy) is 2. The topological polar surface area (TPSA) is 115 Å². The van der Waals surface area contributed by atoms with Crippen molar-refractivity contribution in [3.8, 4) is 22.1 Å². The number of carboxylic acid groups (broad SMARTS) is 1. The molecule has 1 aromatic heterocycles. The number of nitrogens with one attached hydrogen (secondary N) is 1. The number of benzene rings is 2. The van der Waals surface area contributed by atoms with Crippen molar-refractivity contribution in [1.82, 2.24) is 4.98 Å². The maximum atomic E-state index is 15.5. The van der Waals surface area contributed by atoms with Gasteiger partial charge in [0.2, 0.25) is 0 Å². The van der Waals surface area contributed by atoms with Gasteiger partial charge in [0.1, 0.15) is 16.6 Å². The van der Waals surface area contributed by atoms with Crippen LogP contribution in [0.1, 0.15) is 42.1 Å². The Balaban J connectivity index is 1.66. The van der Waals surface area contributed by atoms with E-state index in [1.165, 1.54) is 25.7 Å². The zero-order valence-corrected chi connectivity index (χ0v) is 21.8. The monoisotopic (exact) mass is 550 g/mol. The van der Waals surface area contributed by atoms with Crippen LogP contribution < -0.4 is 14.2 Å². The quantitative estimate of drug-likeness (QED) is 0.364. The summed E-state index contributed by atoms with van der Waals surface area (Å²) in [4.78, 5) is 15.2. The molecule has 0 saturated carbocycles. The van der Waals surface area contributed by atoms with Crippen molar-refractivity contribution in [2.75, 3.05) is 18.9 Å². The lowest BCUT2D eigenvalue weighted by molar-refractivity contribution is 0.0691. The maximum Gasteiger partial charge on any atom is 0.338 e. The van der Waals surface area contributed by atoms with E-state index in [4.69, 9.17) is 14.6 Å². The van der Waals surface area contributed by atoms with E-state index < -0.39 is 38.2 Å². The molecule has 1 aliphatic carbocycles. The Hall–Kier alpha value is -3.51. The summed E-state index contributed by atoms with van der Waals surface area (Å²) in [6, 6.07) is 4.85. The number of halogens is 2. The predicted molar refractivity (Wildman–Crippen MR) is 136 cm³/mol. The molecule has 1 atom stereocenters. The van der Waals surface area contributed by atoms with Gasteiger partial charge in [0.05, 0.1) is 31.0 Å². The highest BCUT2D eigenvalue weighted by atomic mass is 32.2. The lowest BCUT2D eigenvalue weighted by atomic mass is 9.87. The van der Waals surface area contributed by atoms with Gasteiger partial charge in [-0.05, 0) is 42.9 Å². The number of rotatable bonds is 8. The molecule has 3 aromatic rings. The van der Waals surface area contributed by atoms with Gasteiger partial charge in [0.25, 0.3) is 10.0 Å². The SMILES string of the molecule is COc1cc(C(=O)O)c(F)cc1NS(=O)(=O)c1csc(-c2ccc(C3=CCC(C)CC3)c(OC)c2F)n1. The van der Waals surface area contributed by atoms with E-state index >= 15 is 4.39 Å². The van der Waals surface area contributed by atoms with Crippen molar-refractivity contribution in [2.24, 2.45) is 5.92 Å². The number of sulfonamides is 1. The van der Waals surface area contributed by atoms with Crippen LogP contribution in [0.25, 0.3) is 16.1 Å². The number of carboxylic acids is 1. The van der Waals surface area contributed by atoms with Crippen LogP contribution in [0.5, 0.6) is 11.5 Å². The van der Waals surface area contributed by atoms with Crippen LogP contribution in [0.4, 0.5) is 14.5 Å². The first-order valence-corrected chi connectivity index (χ1v) is 13.6. The molecule has 0 aliphatic heterocycles. The van der Waals surface area contributed by atoms with Crippen molar-refractivity contribution in [2.45, 2.75) is 31.2 Å². The van der Waals surface area contributed by atoms with Gasteiger partial charge in [-0.3, -0.25) is 4.72 Å². The fraction of sp³-hybridized carbons (Fsp3) is 0.280. The van der Waals surface area contributed by atoms with Crippen molar-refractivity contribution < 1.29 is 36.6 Å².